The molecule has 0 spiro atoms. The molecule has 1 aliphatic rings. The van der Waals surface area contributed by atoms with Crippen molar-refractivity contribution in [3.63, 3.8) is 0 Å². The molecule has 0 saturated carbocycles. The Hall–Kier alpha value is -1.17. The van der Waals surface area contributed by atoms with E-state index in [1.807, 2.05) is 6.07 Å². The average Bonchev–Trinajstić information content (AvgIpc) is 2.59. The lowest BCUT2D eigenvalue weighted by atomic mass is 10.1. The maximum Gasteiger partial charge on any atom is 0.230 e. The van der Waals surface area contributed by atoms with E-state index in [2.05, 4.69) is 82.2 Å². The summed E-state index contributed by atoms with van der Waals surface area (Å²) in [5.74, 6) is 0. The van der Waals surface area contributed by atoms with Crippen molar-refractivity contribution in [3.8, 4) is 0 Å². The van der Waals surface area contributed by atoms with Crippen LogP contribution in [-0.4, -0.2) is 28.8 Å². The summed E-state index contributed by atoms with van der Waals surface area (Å²) >= 11 is 0. The summed E-state index contributed by atoms with van der Waals surface area (Å²) < 4.78 is 13.2. The largest absolute Gasteiger partial charge is 0.411 e. The van der Waals surface area contributed by atoms with E-state index in [-0.39, 0.29) is 12.2 Å². The molecule has 1 aliphatic heterocycles. The molecule has 0 radical (unpaired) electrons. The van der Waals surface area contributed by atoms with Gasteiger partial charge in [-0.05, 0) is 37.3 Å². The quantitative estimate of drug-likeness (QED) is 0.454. The molecule has 0 N–H and O–H groups in total. The molecule has 1 aromatic rings. The fraction of sp³-hybridized carbons (Fsp3) is 0.476. The Kier molecular flexibility index (Phi) is 6.83. The fourth-order valence-electron chi connectivity index (χ4n) is 3.53. The average molecular weight is 373 g/mol. The third kappa shape index (κ3) is 5.16. The van der Waals surface area contributed by atoms with Crippen molar-refractivity contribution >= 4 is 22.7 Å². The summed E-state index contributed by atoms with van der Waals surface area (Å²) in [7, 11) is -3.69. The maximum absolute atomic E-state index is 6.69. The van der Waals surface area contributed by atoms with Gasteiger partial charge in [0.05, 0.1) is 12.2 Å². The summed E-state index contributed by atoms with van der Waals surface area (Å²) in [6.07, 6.45) is 5.45. The van der Waals surface area contributed by atoms with Crippen LogP contribution >= 0.6 is 0 Å². The van der Waals surface area contributed by atoms with Crippen LogP contribution in [0.5, 0.6) is 0 Å². The highest BCUT2D eigenvalue weighted by atomic mass is 28.4. The molecule has 2 atom stereocenters. The van der Waals surface area contributed by atoms with Gasteiger partial charge in [-0.3, -0.25) is 0 Å². The van der Waals surface area contributed by atoms with Crippen molar-refractivity contribution in [2.45, 2.75) is 64.2 Å². The first kappa shape index (κ1) is 20.1. The Morgan fingerprint density at radius 3 is 2.40 bits per heavy atom. The maximum atomic E-state index is 6.69. The molecule has 25 heavy (non-hydrogen) atoms. The van der Waals surface area contributed by atoms with Crippen LogP contribution in [0, 0.1) is 0 Å². The van der Waals surface area contributed by atoms with Crippen molar-refractivity contribution in [2.24, 2.45) is 0 Å². The number of rotatable bonds is 6. The van der Waals surface area contributed by atoms with Gasteiger partial charge >= 0.3 is 0 Å². The van der Waals surface area contributed by atoms with Crippen LogP contribution in [0.1, 0.15) is 25.8 Å². The zero-order chi connectivity index (χ0) is 18.5. The van der Waals surface area contributed by atoms with E-state index in [0.29, 0.717) is 0 Å². The second-order valence-electron chi connectivity index (χ2n) is 7.67. The Bertz CT molecular complexity index is 636. The third-order valence-corrected chi connectivity index (χ3v) is 10.3. The topological polar surface area (TPSA) is 18.5 Å². The van der Waals surface area contributed by atoms with Gasteiger partial charge in [-0.2, -0.15) is 0 Å². The minimum absolute atomic E-state index is 0.102. The predicted octanol–water partition coefficient (Wildman–Crippen LogP) is 5.94. The van der Waals surface area contributed by atoms with Gasteiger partial charge in [0.1, 0.15) is 0 Å². The van der Waals surface area contributed by atoms with Gasteiger partial charge in [0, 0.05) is 11.6 Å². The number of hydrogen-bond acceptors (Lipinski definition) is 2. The van der Waals surface area contributed by atoms with Gasteiger partial charge in [0.25, 0.3) is 0 Å². The summed E-state index contributed by atoms with van der Waals surface area (Å²) in [6.45, 7) is 15.2. The van der Waals surface area contributed by atoms with Gasteiger partial charge in [0.15, 0.2) is 8.32 Å². The van der Waals surface area contributed by atoms with Gasteiger partial charge in [-0.15, -0.1) is 5.73 Å². The van der Waals surface area contributed by atoms with Crippen molar-refractivity contribution in [1.82, 2.24) is 0 Å². The van der Waals surface area contributed by atoms with Crippen LogP contribution in [-0.2, 0) is 8.85 Å². The number of hydrogen-bond donors (Lipinski definition) is 0. The van der Waals surface area contributed by atoms with Gasteiger partial charge in [-0.25, -0.2) is 0 Å². The molecule has 0 aromatic heterocycles. The Balaban J connectivity index is 2.30. The SMILES string of the molecule is C=C=C1[C@H](O[Si](C)(C)C)C[C@@H](/C=C/c2ccccc2)O[Si]1(CC)CC. The molecule has 0 aliphatic carbocycles. The molecular weight excluding hydrogens is 340 g/mol. The van der Waals surface area contributed by atoms with Crippen LogP contribution in [0.2, 0.25) is 31.7 Å². The van der Waals surface area contributed by atoms with Crippen molar-refractivity contribution in [2.75, 3.05) is 0 Å². The van der Waals surface area contributed by atoms with E-state index in [1.54, 1.807) is 0 Å². The van der Waals surface area contributed by atoms with Crippen molar-refractivity contribution < 1.29 is 8.85 Å². The Morgan fingerprint density at radius 2 is 1.88 bits per heavy atom. The second kappa shape index (κ2) is 8.48. The van der Waals surface area contributed by atoms with Gasteiger partial charge in [0.2, 0.25) is 8.32 Å². The molecule has 4 heteroatoms. The van der Waals surface area contributed by atoms with Crippen LogP contribution < -0.4 is 0 Å². The van der Waals surface area contributed by atoms with Gasteiger partial charge in [-0.1, -0.05) is 62.9 Å². The van der Waals surface area contributed by atoms with Gasteiger partial charge < -0.3 is 8.85 Å². The minimum atomic E-state index is -2.04. The normalized spacial score (nSPS) is 23.6. The first-order chi connectivity index (χ1) is 11.8. The highest BCUT2D eigenvalue weighted by molar-refractivity contribution is 6.81. The summed E-state index contributed by atoms with van der Waals surface area (Å²) in [6, 6.07) is 12.5. The van der Waals surface area contributed by atoms with Crippen LogP contribution in [0.3, 0.4) is 0 Å². The first-order valence-corrected chi connectivity index (χ1v) is 15.1. The molecule has 1 aromatic carbocycles. The van der Waals surface area contributed by atoms with Crippen molar-refractivity contribution in [3.05, 3.63) is 59.5 Å². The summed E-state index contributed by atoms with van der Waals surface area (Å²) in [4.78, 5) is 0. The van der Waals surface area contributed by atoms with E-state index in [1.165, 1.54) is 10.8 Å². The predicted molar refractivity (Wildman–Crippen MR) is 113 cm³/mol. The van der Waals surface area contributed by atoms with E-state index in [9.17, 15) is 0 Å². The molecule has 0 unspecified atom stereocenters. The molecule has 136 valence electrons. The van der Waals surface area contributed by atoms with Crippen LogP contribution in [0.25, 0.3) is 6.08 Å². The zero-order valence-corrected chi connectivity index (χ0v) is 18.3. The van der Waals surface area contributed by atoms with E-state index < -0.39 is 16.6 Å². The lowest BCUT2D eigenvalue weighted by Crippen LogP contribution is -2.53. The lowest BCUT2D eigenvalue weighted by molar-refractivity contribution is 0.122. The Labute approximate surface area is 155 Å². The summed E-state index contributed by atoms with van der Waals surface area (Å²) in [5.41, 5.74) is 4.45. The van der Waals surface area contributed by atoms with Crippen LogP contribution in [0.4, 0.5) is 0 Å². The molecule has 1 heterocycles. The van der Waals surface area contributed by atoms with E-state index >= 15 is 0 Å². The fourth-order valence-corrected chi connectivity index (χ4v) is 8.28. The molecular formula is C21H32O2Si2. The Morgan fingerprint density at radius 1 is 1.24 bits per heavy atom. The summed E-state index contributed by atoms with van der Waals surface area (Å²) in [5, 5.41) is 1.24. The molecule has 1 saturated heterocycles. The smallest absolute Gasteiger partial charge is 0.230 e. The zero-order valence-electron chi connectivity index (χ0n) is 16.3. The lowest BCUT2D eigenvalue weighted by Gasteiger charge is -2.44. The molecule has 2 nitrogen and oxygen atoms in total. The highest BCUT2D eigenvalue weighted by Gasteiger charge is 2.47. The highest BCUT2D eigenvalue weighted by Crippen LogP contribution is 2.38. The second-order valence-corrected chi connectivity index (χ2v) is 16.3. The number of benzene rings is 1. The molecule has 0 amide bonds. The third-order valence-electron chi connectivity index (χ3n) is 4.77. The molecule has 0 bridgehead atoms. The monoisotopic (exact) mass is 372 g/mol. The van der Waals surface area contributed by atoms with Crippen LogP contribution in [0.15, 0.2) is 53.9 Å². The standard InChI is InChI=1S/C21H32O2Si2/c1-7-21-20(23-24(4,5)6)17-19(22-25(21,8-2)9-3)16-15-18-13-11-10-12-14-18/h10-16,19-20H,1,8-9,17H2,2-6H3/b16-15+/t19-,20-/m1/s1. The minimum Gasteiger partial charge on any atom is -0.411 e. The molecule has 2 rings (SSSR count). The first-order valence-electron chi connectivity index (χ1n) is 9.33. The van der Waals surface area contributed by atoms with Crippen molar-refractivity contribution in [1.29, 1.82) is 0 Å². The van der Waals surface area contributed by atoms with E-state index in [4.69, 9.17) is 8.85 Å². The molecule has 1 fully saturated rings. The van der Waals surface area contributed by atoms with E-state index in [0.717, 1.165) is 18.5 Å².